The quantitative estimate of drug-likeness (QED) is 0.826. The van der Waals surface area contributed by atoms with Gasteiger partial charge in [-0.1, -0.05) is 29.3 Å². The summed E-state index contributed by atoms with van der Waals surface area (Å²) in [5, 5.41) is 3.65. The van der Waals surface area contributed by atoms with E-state index in [0.29, 0.717) is 6.04 Å². The van der Waals surface area contributed by atoms with Crippen LogP contribution < -0.4 is 5.32 Å². The number of allylic oxidation sites excluding steroid dienone is 1. The molecule has 104 valence electrons. The summed E-state index contributed by atoms with van der Waals surface area (Å²) in [6.45, 7) is 9.99. The molecule has 0 unspecified atom stereocenters. The molecule has 0 amide bonds. The Hall–Kier alpha value is -1.28. The maximum atomic E-state index is 3.65. The van der Waals surface area contributed by atoms with Crippen molar-refractivity contribution in [2.24, 2.45) is 0 Å². The molecule has 1 fully saturated rings. The number of piperidine rings is 1. The van der Waals surface area contributed by atoms with Crippen molar-refractivity contribution in [3.63, 3.8) is 0 Å². The van der Waals surface area contributed by atoms with Crippen molar-refractivity contribution in [2.45, 2.75) is 39.7 Å². The van der Waals surface area contributed by atoms with Crippen LogP contribution >= 0.6 is 0 Å². The number of aryl methyl sites for hydroxylation is 1. The van der Waals surface area contributed by atoms with Crippen molar-refractivity contribution in [1.29, 1.82) is 0 Å². The van der Waals surface area contributed by atoms with Gasteiger partial charge in [0.25, 0.3) is 0 Å². The predicted octanol–water partition coefficient (Wildman–Crippen LogP) is 3.84. The molecule has 1 N–H and O–H groups in total. The summed E-state index contributed by atoms with van der Waals surface area (Å²) in [7, 11) is 0. The van der Waals surface area contributed by atoms with Gasteiger partial charge in [-0.2, -0.15) is 0 Å². The van der Waals surface area contributed by atoms with Gasteiger partial charge in [0, 0.05) is 31.4 Å². The average Bonchev–Trinajstić information content (AvgIpc) is 2.40. The first-order chi connectivity index (χ1) is 9.13. The molecule has 2 heteroatoms. The Morgan fingerprint density at radius 2 is 1.84 bits per heavy atom. The van der Waals surface area contributed by atoms with Crippen molar-refractivity contribution in [1.82, 2.24) is 4.90 Å². The van der Waals surface area contributed by atoms with Crippen LogP contribution in [0.1, 0.15) is 32.3 Å². The highest BCUT2D eigenvalue weighted by molar-refractivity contribution is 5.45. The Labute approximate surface area is 117 Å². The summed E-state index contributed by atoms with van der Waals surface area (Å²) >= 11 is 0. The molecule has 0 bridgehead atoms. The second-order valence-electron chi connectivity index (χ2n) is 5.87. The molecule has 2 rings (SSSR count). The highest BCUT2D eigenvalue weighted by atomic mass is 15.1. The number of hydrogen-bond acceptors (Lipinski definition) is 2. The Morgan fingerprint density at radius 1 is 1.21 bits per heavy atom. The van der Waals surface area contributed by atoms with Crippen LogP contribution in [-0.2, 0) is 0 Å². The maximum absolute atomic E-state index is 3.65. The van der Waals surface area contributed by atoms with Crippen LogP contribution in [0.4, 0.5) is 5.69 Å². The average molecular weight is 258 g/mol. The van der Waals surface area contributed by atoms with Crippen molar-refractivity contribution in [3.05, 3.63) is 41.5 Å². The van der Waals surface area contributed by atoms with Gasteiger partial charge in [0.1, 0.15) is 0 Å². The van der Waals surface area contributed by atoms with Gasteiger partial charge < -0.3 is 5.32 Å². The topological polar surface area (TPSA) is 15.3 Å². The molecule has 0 saturated carbocycles. The van der Waals surface area contributed by atoms with E-state index in [1.54, 1.807) is 0 Å². The highest BCUT2D eigenvalue weighted by Crippen LogP contribution is 2.17. The highest BCUT2D eigenvalue weighted by Gasteiger charge is 2.17. The van der Waals surface area contributed by atoms with Crippen LogP contribution in [0.15, 0.2) is 35.9 Å². The number of nitrogens with zero attached hydrogens (tertiary/aromatic N) is 1. The fourth-order valence-electron chi connectivity index (χ4n) is 2.46. The molecular formula is C17H26N2. The lowest BCUT2D eigenvalue weighted by molar-refractivity contribution is 0.240. The summed E-state index contributed by atoms with van der Waals surface area (Å²) in [6.07, 6.45) is 4.81. The zero-order valence-corrected chi connectivity index (χ0v) is 12.4. The van der Waals surface area contributed by atoms with E-state index in [1.807, 2.05) is 0 Å². The molecular weight excluding hydrogens is 232 g/mol. The number of benzene rings is 1. The van der Waals surface area contributed by atoms with Gasteiger partial charge in [0.2, 0.25) is 0 Å². The number of hydrogen-bond donors (Lipinski definition) is 1. The van der Waals surface area contributed by atoms with Crippen LogP contribution in [0.5, 0.6) is 0 Å². The predicted molar refractivity (Wildman–Crippen MR) is 83.7 cm³/mol. The van der Waals surface area contributed by atoms with E-state index < -0.39 is 0 Å². The third kappa shape index (κ3) is 4.71. The third-order valence-corrected chi connectivity index (χ3v) is 3.77. The first kappa shape index (κ1) is 14.1. The van der Waals surface area contributed by atoms with E-state index in [1.165, 1.54) is 42.8 Å². The Bertz CT molecular complexity index is 407. The van der Waals surface area contributed by atoms with Crippen LogP contribution in [0.25, 0.3) is 0 Å². The molecule has 1 saturated heterocycles. The molecule has 1 aromatic rings. The van der Waals surface area contributed by atoms with E-state index in [0.717, 1.165) is 6.54 Å². The maximum Gasteiger partial charge on any atom is 0.0342 e. The van der Waals surface area contributed by atoms with Crippen LogP contribution in [0.2, 0.25) is 0 Å². The van der Waals surface area contributed by atoms with Crippen LogP contribution in [-0.4, -0.2) is 30.6 Å². The van der Waals surface area contributed by atoms with E-state index in [9.17, 15) is 0 Å². The van der Waals surface area contributed by atoms with Crippen molar-refractivity contribution < 1.29 is 0 Å². The lowest BCUT2D eigenvalue weighted by Crippen LogP contribution is -2.39. The SMILES string of the molecule is CC(C)=CCN1CCC(Nc2ccc(C)cc2)CC1. The Balaban J connectivity index is 1.77. The van der Waals surface area contributed by atoms with Gasteiger partial charge >= 0.3 is 0 Å². The van der Waals surface area contributed by atoms with Crippen LogP contribution in [0, 0.1) is 6.92 Å². The molecule has 0 radical (unpaired) electrons. The smallest absolute Gasteiger partial charge is 0.0342 e. The zero-order chi connectivity index (χ0) is 13.7. The van der Waals surface area contributed by atoms with Gasteiger partial charge in [-0.3, -0.25) is 4.90 Å². The van der Waals surface area contributed by atoms with E-state index in [4.69, 9.17) is 0 Å². The van der Waals surface area contributed by atoms with Gasteiger partial charge in [0.05, 0.1) is 0 Å². The van der Waals surface area contributed by atoms with Gasteiger partial charge in [0.15, 0.2) is 0 Å². The third-order valence-electron chi connectivity index (χ3n) is 3.77. The van der Waals surface area contributed by atoms with Crippen LogP contribution in [0.3, 0.4) is 0 Å². The zero-order valence-electron chi connectivity index (χ0n) is 12.4. The summed E-state index contributed by atoms with van der Waals surface area (Å²) < 4.78 is 0. The molecule has 0 aromatic heterocycles. The summed E-state index contributed by atoms with van der Waals surface area (Å²) in [5.74, 6) is 0. The van der Waals surface area contributed by atoms with E-state index in [-0.39, 0.29) is 0 Å². The summed E-state index contributed by atoms with van der Waals surface area (Å²) in [4.78, 5) is 2.54. The lowest BCUT2D eigenvalue weighted by Gasteiger charge is -2.32. The normalized spacial score (nSPS) is 17.2. The van der Waals surface area contributed by atoms with E-state index in [2.05, 4.69) is 61.3 Å². The van der Waals surface area contributed by atoms with Crippen molar-refractivity contribution >= 4 is 5.69 Å². The molecule has 1 aromatic carbocycles. The molecule has 1 aliphatic rings. The molecule has 0 aliphatic carbocycles. The monoisotopic (exact) mass is 258 g/mol. The second kappa shape index (κ2) is 6.76. The fraction of sp³-hybridized carbons (Fsp3) is 0.529. The van der Waals surface area contributed by atoms with Gasteiger partial charge in [-0.15, -0.1) is 0 Å². The second-order valence-corrected chi connectivity index (χ2v) is 5.87. The lowest BCUT2D eigenvalue weighted by atomic mass is 10.0. The fourth-order valence-corrected chi connectivity index (χ4v) is 2.46. The van der Waals surface area contributed by atoms with Gasteiger partial charge in [-0.25, -0.2) is 0 Å². The number of anilines is 1. The number of nitrogens with one attached hydrogen (secondary N) is 1. The summed E-state index contributed by atoms with van der Waals surface area (Å²) in [6, 6.07) is 9.35. The molecule has 2 nitrogen and oxygen atoms in total. The number of rotatable bonds is 4. The minimum Gasteiger partial charge on any atom is -0.382 e. The standard InChI is InChI=1S/C17H26N2/c1-14(2)8-11-19-12-9-17(10-13-19)18-16-6-4-15(3)5-7-16/h4-8,17-18H,9-13H2,1-3H3. The minimum atomic E-state index is 0.630. The van der Waals surface area contributed by atoms with Gasteiger partial charge in [-0.05, 0) is 45.7 Å². The molecule has 19 heavy (non-hydrogen) atoms. The first-order valence-corrected chi connectivity index (χ1v) is 7.32. The first-order valence-electron chi connectivity index (χ1n) is 7.32. The number of likely N-dealkylation sites (tertiary alicyclic amines) is 1. The molecule has 0 spiro atoms. The molecule has 0 atom stereocenters. The van der Waals surface area contributed by atoms with E-state index >= 15 is 0 Å². The van der Waals surface area contributed by atoms with Crippen molar-refractivity contribution in [3.8, 4) is 0 Å². The Kier molecular flexibility index (Phi) is 5.03. The Morgan fingerprint density at radius 3 is 2.42 bits per heavy atom. The largest absolute Gasteiger partial charge is 0.382 e. The molecule has 1 aliphatic heterocycles. The summed E-state index contributed by atoms with van der Waals surface area (Å²) in [5.41, 5.74) is 4.00. The minimum absolute atomic E-state index is 0.630. The molecule has 1 heterocycles. The van der Waals surface area contributed by atoms with Crippen molar-refractivity contribution in [2.75, 3.05) is 25.0 Å².